The molecule has 300 valence electrons. The monoisotopic (exact) mass is 753 g/mol. The van der Waals surface area contributed by atoms with E-state index in [1.54, 1.807) is 0 Å². The number of quaternary nitrogens is 1. The quantitative estimate of drug-likeness (QED) is 0.192. The highest BCUT2D eigenvalue weighted by Crippen LogP contribution is 2.84. The summed E-state index contributed by atoms with van der Waals surface area (Å²) in [5.74, 6) is 3.99. The van der Waals surface area contributed by atoms with Gasteiger partial charge >= 0.3 is 11.9 Å². The minimum absolute atomic E-state index is 0.0830. The molecular formula is C48H70N3O4+. The first-order valence-electron chi connectivity index (χ1n) is 22.8. The fourth-order valence-electron chi connectivity index (χ4n) is 14.5. The Morgan fingerprint density at radius 3 is 2.60 bits per heavy atom. The van der Waals surface area contributed by atoms with Gasteiger partial charge in [0.15, 0.2) is 5.60 Å². The van der Waals surface area contributed by atoms with E-state index in [-0.39, 0.29) is 17.9 Å². The number of rotatable bonds is 10. The summed E-state index contributed by atoms with van der Waals surface area (Å²) < 4.78 is 13.9. The predicted molar refractivity (Wildman–Crippen MR) is 216 cm³/mol. The number of nitrogens with two attached hydrogens (primary N) is 1. The maximum Gasteiger partial charge on any atom is 0.339 e. The Balaban J connectivity index is 1.26. The molecule has 8 aliphatic heterocycles. The third-order valence-corrected chi connectivity index (χ3v) is 16.7. The number of aryl methyl sites for hydroxylation is 1. The highest BCUT2D eigenvalue weighted by atomic mass is 16.6. The number of benzene rings is 1. The highest BCUT2D eigenvalue weighted by molar-refractivity contribution is 5.99. The van der Waals surface area contributed by atoms with Crippen molar-refractivity contribution in [2.75, 3.05) is 32.7 Å². The average Bonchev–Trinajstić information content (AvgIpc) is 3.61. The van der Waals surface area contributed by atoms with E-state index < -0.39 is 16.4 Å². The molecule has 8 bridgehead atoms. The van der Waals surface area contributed by atoms with Gasteiger partial charge in [0.1, 0.15) is 11.2 Å². The first-order valence-corrected chi connectivity index (χ1v) is 22.8. The minimum atomic E-state index is -0.940. The molecule has 5 fully saturated rings. The maximum absolute atomic E-state index is 15.3. The smallest absolute Gasteiger partial charge is 0.339 e. The average molecular weight is 753 g/mol. The van der Waals surface area contributed by atoms with Crippen LogP contribution in [0.4, 0.5) is 0 Å². The molecule has 0 amide bonds. The Morgan fingerprint density at radius 1 is 1.05 bits per heavy atom. The molecule has 12 rings (SSSR count). The van der Waals surface area contributed by atoms with E-state index in [4.69, 9.17) is 15.2 Å². The van der Waals surface area contributed by atoms with Crippen LogP contribution in [0.5, 0.6) is 0 Å². The van der Waals surface area contributed by atoms with Gasteiger partial charge in [0.05, 0.1) is 30.1 Å². The Labute approximate surface area is 331 Å². The lowest BCUT2D eigenvalue weighted by Gasteiger charge is -2.69. The fourth-order valence-corrected chi connectivity index (χ4v) is 14.5. The van der Waals surface area contributed by atoms with Crippen LogP contribution in [-0.2, 0) is 26.3 Å². The molecule has 0 radical (unpaired) electrons. The van der Waals surface area contributed by atoms with Crippen LogP contribution in [-0.4, -0.2) is 61.6 Å². The molecule has 1 aromatic carbocycles. The molecule has 11 atom stereocenters. The van der Waals surface area contributed by atoms with Crippen LogP contribution < -0.4 is 10.6 Å². The summed E-state index contributed by atoms with van der Waals surface area (Å²) in [7, 11) is 0. The van der Waals surface area contributed by atoms with Gasteiger partial charge in [0.25, 0.3) is 0 Å². The van der Waals surface area contributed by atoms with Crippen molar-refractivity contribution in [2.45, 2.75) is 142 Å². The number of nitrogens with one attached hydrogen (secondary N) is 1. The molecule has 0 aromatic heterocycles. The molecule has 3 aliphatic carbocycles. The first-order chi connectivity index (χ1) is 26.6. The number of hydrogen-bond acceptors (Lipinski definition) is 6. The van der Waals surface area contributed by atoms with Crippen LogP contribution in [0.25, 0.3) is 0 Å². The van der Waals surface area contributed by atoms with Crippen molar-refractivity contribution in [1.82, 2.24) is 4.90 Å². The minimum Gasteiger partial charge on any atom is -0.449 e. The van der Waals surface area contributed by atoms with Gasteiger partial charge in [0.2, 0.25) is 0 Å². The van der Waals surface area contributed by atoms with Crippen molar-refractivity contribution in [2.24, 2.45) is 58.0 Å². The van der Waals surface area contributed by atoms with Gasteiger partial charge in [-0.05, 0) is 100 Å². The van der Waals surface area contributed by atoms with Crippen molar-refractivity contribution < 1.29 is 24.0 Å². The lowest BCUT2D eigenvalue weighted by molar-refractivity contribution is -0.942. The van der Waals surface area contributed by atoms with Crippen molar-refractivity contribution in [3.63, 3.8) is 0 Å². The van der Waals surface area contributed by atoms with E-state index in [2.05, 4.69) is 69.9 Å². The van der Waals surface area contributed by atoms with E-state index in [0.717, 1.165) is 98.5 Å². The van der Waals surface area contributed by atoms with E-state index in [0.29, 0.717) is 42.3 Å². The Hall–Kier alpha value is -2.48. The van der Waals surface area contributed by atoms with Crippen molar-refractivity contribution in [3.8, 4) is 0 Å². The van der Waals surface area contributed by atoms with E-state index in [9.17, 15) is 4.79 Å². The molecule has 3 saturated heterocycles. The van der Waals surface area contributed by atoms with Gasteiger partial charge in [-0.25, -0.2) is 4.79 Å². The lowest BCUT2D eigenvalue weighted by Crippen LogP contribution is -3.19. The number of carbonyl (C=O) groups excluding carboxylic acids is 2. The largest absolute Gasteiger partial charge is 0.449 e. The zero-order chi connectivity index (χ0) is 38.3. The molecule has 11 unspecified atom stereocenters. The Bertz CT molecular complexity index is 1720. The van der Waals surface area contributed by atoms with Crippen molar-refractivity contribution in [1.29, 1.82) is 0 Å². The molecule has 7 nitrogen and oxygen atoms in total. The second kappa shape index (κ2) is 14.4. The van der Waals surface area contributed by atoms with Crippen LogP contribution in [0.2, 0.25) is 0 Å². The lowest BCUT2D eigenvalue weighted by atomic mass is 9.31. The maximum atomic E-state index is 15.3. The second-order valence-corrected chi connectivity index (χ2v) is 20.5. The third-order valence-electron chi connectivity index (χ3n) is 16.7. The van der Waals surface area contributed by atoms with E-state index >= 15 is 4.79 Å². The summed E-state index contributed by atoms with van der Waals surface area (Å²) in [6, 6.07) is 7.43. The van der Waals surface area contributed by atoms with Gasteiger partial charge < -0.3 is 20.1 Å². The number of carbonyl (C=O) groups is 2. The molecular weight excluding hydrogens is 683 g/mol. The normalized spacial score (nSPS) is 41.8. The van der Waals surface area contributed by atoms with E-state index in [1.807, 2.05) is 4.90 Å². The summed E-state index contributed by atoms with van der Waals surface area (Å²) in [5, 5.41) is 0. The fraction of sp³-hybridized carbons (Fsp3) is 0.750. The second-order valence-electron chi connectivity index (χ2n) is 20.5. The number of ether oxygens (including phenoxy) is 2. The van der Waals surface area contributed by atoms with Crippen molar-refractivity contribution >= 4 is 11.9 Å². The van der Waals surface area contributed by atoms with E-state index in [1.165, 1.54) is 57.4 Å². The zero-order valence-electron chi connectivity index (χ0n) is 34.7. The molecule has 2 saturated carbocycles. The number of piperidine rings is 2. The predicted octanol–water partition coefficient (Wildman–Crippen LogP) is 7.38. The van der Waals surface area contributed by atoms with Gasteiger partial charge in [0, 0.05) is 54.8 Å². The summed E-state index contributed by atoms with van der Waals surface area (Å²) >= 11 is 0. The molecule has 3 N–H and O–H groups in total. The van der Waals surface area contributed by atoms with Gasteiger partial charge in [-0.2, -0.15) is 0 Å². The van der Waals surface area contributed by atoms with Crippen LogP contribution in [0.1, 0.15) is 140 Å². The number of esters is 2. The van der Waals surface area contributed by atoms with Gasteiger partial charge in [-0.3, -0.25) is 9.69 Å². The summed E-state index contributed by atoms with van der Waals surface area (Å²) in [5.41, 5.74) is 7.78. The number of fused-ring (bicyclic) bond motifs is 2. The number of hydrogen-bond donors (Lipinski definition) is 2. The standard InChI is InChI=1S/C48H69N3O4/c1-6-9-37-16-18-42-47-20-19-36(38-22-31(4)15-17-40(38)51-28-33-24-34(29-51)27-50(37)26-33)25-46(47,45(53)54-42)41(23-32(5)14-13-30(2)3)48(47)39-12-7-10-35(11-8-21-49)43(39)44(52)55-48/h7,10,12,18,25,30-34,37-38,40-41H,6,8-9,11,13-17,19-24,26-29,49H2,1-5H3/p+1. The molecule has 2 spiro atoms. The summed E-state index contributed by atoms with van der Waals surface area (Å²) in [6.07, 6.45) is 19.6. The Kier molecular flexibility index (Phi) is 9.97. The van der Waals surface area contributed by atoms with Crippen LogP contribution in [0.15, 0.2) is 41.7 Å². The molecule has 11 aliphatic rings. The molecule has 8 heterocycles. The van der Waals surface area contributed by atoms with Crippen LogP contribution >= 0.6 is 0 Å². The summed E-state index contributed by atoms with van der Waals surface area (Å²) in [6.45, 7) is 17.3. The van der Waals surface area contributed by atoms with Gasteiger partial charge in [-0.1, -0.05) is 83.7 Å². The van der Waals surface area contributed by atoms with Gasteiger partial charge in [-0.15, -0.1) is 0 Å². The topological polar surface area (TPSA) is 86.3 Å². The third kappa shape index (κ3) is 5.65. The number of nitrogens with zero attached hydrogens (tertiary/aromatic N) is 1. The van der Waals surface area contributed by atoms with Crippen LogP contribution in [0.3, 0.4) is 0 Å². The zero-order valence-corrected chi connectivity index (χ0v) is 34.7. The molecule has 1 aromatic rings. The molecule has 55 heavy (non-hydrogen) atoms. The van der Waals surface area contributed by atoms with Crippen LogP contribution in [0, 0.1) is 52.3 Å². The van der Waals surface area contributed by atoms with Crippen molar-refractivity contribution in [3.05, 3.63) is 58.4 Å². The summed E-state index contributed by atoms with van der Waals surface area (Å²) in [4.78, 5) is 34.6. The SMILES string of the molecule is CCCC1CC=C2OC(=O)C34C=C(CCC23C2(OC(=O)c3c(CCCN)cccc32)C4CC(C)CCC(C)C)C2CC(C)CCC2[NH+]2CC3CC(CN1C3)C2. The molecule has 7 heteroatoms. The highest BCUT2D eigenvalue weighted by Gasteiger charge is 2.91. The first kappa shape index (κ1) is 38.1. The Morgan fingerprint density at radius 2 is 1.85 bits per heavy atom.